The fourth-order valence-electron chi connectivity index (χ4n) is 0.654. The summed E-state index contributed by atoms with van der Waals surface area (Å²) in [5, 5.41) is 2.76. The summed E-state index contributed by atoms with van der Waals surface area (Å²) in [6, 6.07) is -1.05. The van der Waals surface area contributed by atoms with E-state index < -0.39 is 11.8 Å². The van der Waals surface area contributed by atoms with Crippen molar-refractivity contribution in [1.82, 2.24) is 0 Å². The van der Waals surface area contributed by atoms with Crippen molar-refractivity contribution < 1.29 is 19.2 Å². The lowest BCUT2D eigenvalue weighted by Crippen LogP contribution is -2.24. The van der Waals surface area contributed by atoms with Gasteiger partial charge in [0, 0.05) is 5.16 Å². The van der Waals surface area contributed by atoms with E-state index in [0.717, 1.165) is 6.08 Å². The summed E-state index contributed by atoms with van der Waals surface area (Å²) in [6.07, 6.45) is 2.34. The number of nitrogens with zero attached hydrogens (tertiary/aromatic N) is 2. The van der Waals surface area contributed by atoms with Crippen molar-refractivity contribution in [1.29, 1.82) is 0 Å². The smallest absolute Gasteiger partial charge is 0.276 e. The standard InChI is InChI=1S/C8H8N2O4/c1-6(2)8(13)7(9-4-11)3-14-10-5-12/h7H,1,3H2,2H3. The summed E-state index contributed by atoms with van der Waals surface area (Å²) in [7, 11) is 0. The van der Waals surface area contributed by atoms with Crippen LogP contribution in [0.2, 0.25) is 0 Å². The molecular weight excluding hydrogens is 188 g/mol. The summed E-state index contributed by atoms with van der Waals surface area (Å²) in [6.45, 7) is 4.55. The normalized spacial score (nSPS) is 10.4. The Balaban J connectivity index is 4.43. The molecule has 0 heterocycles. The lowest BCUT2D eigenvalue weighted by Gasteiger charge is -2.06. The minimum absolute atomic E-state index is 0.229. The first-order valence-electron chi connectivity index (χ1n) is 3.59. The predicted octanol–water partition coefficient (Wildman–Crippen LogP) is 0.103. The number of isocyanates is 2. The van der Waals surface area contributed by atoms with Crippen LogP contribution in [0.25, 0.3) is 0 Å². The fraction of sp³-hybridized carbons (Fsp3) is 0.375. The largest absolute Gasteiger partial charge is 0.383 e. The van der Waals surface area contributed by atoms with E-state index in [0.29, 0.717) is 0 Å². The molecule has 0 saturated carbocycles. The number of aliphatic imine (C=N–C) groups is 1. The van der Waals surface area contributed by atoms with Crippen molar-refractivity contribution in [3.05, 3.63) is 12.2 Å². The van der Waals surface area contributed by atoms with Gasteiger partial charge in [0.25, 0.3) is 6.08 Å². The molecule has 74 valence electrons. The maximum absolute atomic E-state index is 11.2. The molecule has 0 aromatic carbocycles. The molecule has 0 aliphatic carbocycles. The predicted molar refractivity (Wildman–Crippen MR) is 45.8 cm³/mol. The van der Waals surface area contributed by atoms with E-state index >= 15 is 0 Å². The van der Waals surface area contributed by atoms with Crippen LogP contribution in [0.3, 0.4) is 0 Å². The minimum atomic E-state index is -1.05. The van der Waals surface area contributed by atoms with E-state index in [1.807, 2.05) is 0 Å². The number of Topliss-reactive ketones (excluding diaryl/α,β-unsaturated/α-hetero) is 1. The Hall–Kier alpha value is -2.03. The van der Waals surface area contributed by atoms with E-state index in [9.17, 15) is 14.4 Å². The van der Waals surface area contributed by atoms with Gasteiger partial charge in [0.15, 0.2) is 11.8 Å². The summed E-state index contributed by atoms with van der Waals surface area (Å²) in [5.41, 5.74) is 0.229. The summed E-state index contributed by atoms with van der Waals surface area (Å²) in [4.78, 5) is 38.3. The molecule has 6 heteroatoms. The molecule has 0 rings (SSSR count). The Bertz CT molecular complexity index is 324. The number of hydrogen-bond donors (Lipinski definition) is 0. The summed E-state index contributed by atoms with van der Waals surface area (Å²) in [5.74, 6) is -0.463. The van der Waals surface area contributed by atoms with Gasteiger partial charge in [-0.1, -0.05) is 6.58 Å². The van der Waals surface area contributed by atoms with Gasteiger partial charge < -0.3 is 4.84 Å². The molecule has 14 heavy (non-hydrogen) atoms. The van der Waals surface area contributed by atoms with Crippen LogP contribution in [0.1, 0.15) is 6.92 Å². The molecule has 0 aliphatic rings. The third-order valence-corrected chi connectivity index (χ3v) is 1.27. The molecule has 0 amide bonds. The number of carbonyl (C=O) groups excluding carboxylic acids is 3. The van der Waals surface area contributed by atoms with Crippen LogP contribution >= 0.6 is 0 Å². The quantitative estimate of drug-likeness (QED) is 0.261. The fourth-order valence-corrected chi connectivity index (χ4v) is 0.654. The zero-order chi connectivity index (χ0) is 11.0. The van der Waals surface area contributed by atoms with Gasteiger partial charge in [0.2, 0.25) is 6.08 Å². The van der Waals surface area contributed by atoms with Crippen LogP contribution < -0.4 is 0 Å². The van der Waals surface area contributed by atoms with Crippen molar-refractivity contribution >= 4 is 17.9 Å². The highest BCUT2D eigenvalue weighted by Gasteiger charge is 2.18. The lowest BCUT2D eigenvalue weighted by atomic mass is 10.1. The second kappa shape index (κ2) is 6.48. The van der Waals surface area contributed by atoms with Gasteiger partial charge in [-0.05, 0) is 12.5 Å². The minimum Gasteiger partial charge on any atom is -0.383 e. The monoisotopic (exact) mass is 196 g/mol. The molecule has 0 saturated heterocycles. The molecular formula is C8H8N2O4. The molecule has 0 aliphatic heterocycles. The average molecular weight is 196 g/mol. The molecule has 0 bridgehead atoms. The van der Waals surface area contributed by atoms with Gasteiger partial charge in [0.1, 0.15) is 6.61 Å². The van der Waals surface area contributed by atoms with Crippen LogP contribution in [0.4, 0.5) is 0 Å². The molecule has 0 aromatic heterocycles. The van der Waals surface area contributed by atoms with Crippen LogP contribution in [0.15, 0.2) is 22.3 Å². The molecule has 0 aromatic rings. The van der Waals surface area contributed by atoms with E-state index in [4.69, 9.17) is 0 Å². The highest BCUT2D eigenvalue weighted by atomic mass is 16.6. The highest BCUT2D eigenvalue weighted by Crippen LogP contribution is 2.01. The number of hydrogen-bond acceptors (Lipinski definition) is 6. The molecule has 0 N–H and O–H groups in total. The molecule has 1 atom stereocenters. The van der Waals surface area contributed by atoms with Crippen LogP contribution in [-0.2, 0) is 19.2 Å². The summed E-state index contributed by atoms with van der Waals surface area (Å²) < 4.78 is 0. The zero-order valence-corrected chi connectivity index (χ0v) is 7.52. The van der Waals surface area contributed by atoms with Gasteiger partial charge in [-0.3, -0.25) is 4.79 Å². The van der Waals surface area contributed by atoms with Crippen molar-refractivity contribution in [2.24, 2.45) is 10.1 Å². The van der Waals surface area contributed by atoms with Gasteiger partial charge in [-0.15, -0.1) is 0 Å². The topological polar surface area (TPSA) is 85.2 Å². The Morgan fingerprint density at radius 3 is 2.57 bits per heavy atom. The van der Waals surface area contributed by atoms with E-state index in [1.54, 1.807) is 0 Å². The van der Waals surface area contributed by atoms with Gasteiger partial charge in [-0.25, -0.2) is 9.59 Å². The van der Waals surface area contributed by atoms with Crippen LogP contribution in [0, 0.1) is 0 Å². The highest BCUT2D eigenvalue weighted by molar-refractivity contribution is 5.98. The summed E-state index contributed by atoms with van der Waals surface area (Å²) >= 11 is 0. The van der Waals surface area contributed by atoms with Gasteiger partial charge in [0.05, 0.1) is 0 Å². The Morgan fingerprint density at radius 1 is 1.50 bits per heavy atom. The SMILES string of the molecule is C=C(C)C(=O)C(CON=C=O)N=C=O. The Morgan fingerprint density at radius 2 is 2.14 bits per heavy atom. The van der Waals surface area contributed by atoms with E-state index in [1.165, 1.54) is 13.0 Å². The second-order valence-corrected chi connectivity index (χ2v) is 2.36. The Labute approximate surface area is 79.9 Å². The van der Waals surface area contributed by atoms with Gasteiger partial charge in [-0.2, -0.15) is 4.99 Å². The Kier molecular flexibility index (Phi) is 5.54. The van der Waals surface area contributed by atoms with E-state index in [2.05, 4.69) is 21.6 Å². The molecule has 0 fully saturated rings. The maximum atomic E-state index is 11.2. The zero-order valence-electron chi connectivity index (χ0n) is 7.52. The average Bonchev–Trinajstić information content (AvgIpc) is 2.15. The third kappa shape index (κ3) is 4.11. The maximum Gasteiger partial charge on any atom is 0.276 e. The van der Waals surface area contributed by atoms with Crippen LogP contribution in [0.5, 0.6) is 0 Å². The molecule has 1 unspecified atom stereocenters. The second-order valence-electron chi connectivity index (χ2n) is 2.36. The van der Waals surface area contributed by atoms with Crippen LogP contribution in [-0.4, -0.2) is 30.6 Å². The first-order chi connectivity index (χ1) is 6.63. The van der Waals surface area contributed by atoms with E-state index in [-0.39, 0.29) is 12.2 Å². The number of carbonyl (C=O) groups is 1. The molecule has 6 nitrogen and oxygen atoms in total. The first kappa shape index (κ1) is 12.0. The number of ketones is 1. The number of rotatable bonds is 6. The third-order valence-electron chi connectivity index (χ3n) is 1.27. The lowest BCUT2D eigenvalue weighted by molar-refractivity contribution is -0.117. The van der Waals surface area contributed by atoms with Gasteiger partial charge >= 0.3 is 0 Å². The molecule has 0 spiro atoms. The first-order valence-corrected chi connectivity index (χ1v) is 3.59. The molecule has 0 radical (unpaired) electrons. The van der Waals surface area contributed by atoms with Crippen molar-refractivity contribution in [3.63, 3.8) is 0 Å². The van der Waals surface area contributed by atoms with Crippen molar-refractivity contribution in [2.75, 3.05) is 6.61 Å². The van der Waals surface area contributed by atoms with Crippen molar-refractivity contribution in [2.45, 2.75) is 13.0 Å². The van der Waals surface area contributed by atoms with Crippen molar-refractivity contribution in [3.8, 4) is 0 Å².